The van der Waals surface area contributed by atoms with Crippen molar-refractivity contribution < 1.29 is 4.74 Å². The van der Waals surface area contributed by atoms with Crippen molar-refractivity contribution in [2.24, 2.45) is 22.2 Å². The molecule has 3 rings (SSSR count). The van der Waals surface area contributed by atoms with Gasteiger partial charge >= 0.3 is 0 Å². The Labute approximate surface area is 172 Å². The number of nitrogens with zero attached hydrogens (tertiary/aromatic N) is 1. The van der Waals surface area contributed by atoms with Crippen LogP contribution >= 0.6 is 37.2 Å². The molecule has 5 nitrogen and oxygen atoms in total. The molecule has 0 spiro atoms. The molecule has 2 atom stereocenters. The normalized spacial score (nSPS) is 15.8. The molecule has 0 saturated heterocycles. The van der Waals surface area contributed by atoms with Crippen molar-refractivity contribution in [1.29, 1.82) is 0 Å². The number of hydrogen-bond acceptors (Lipinski definition) is 5. The summed E-state index contributed by atoms with van der Waals surface area (Å²) in [5.41, 5.74) is 21.9. The second-order valence-electron chi connectivity index (χ2n) is 5.86. The van der Waals surface area contributed by atoms with E-state index in [0.717, 1.165) is 29.0 Å². The average molecular weight is 420 g/mol. The van der Waals surface area contributed by atoms with Crippen LogP contribution in [0.4, 0.5) is 5.69 Å². The summed E-state index contributed by atoms with van der Waals surface area (Å²) in [6.07, 6.45) is 0.546. The predicted octanol–water partition coefficient (Wildman–Crippen LogP) is 3.42. The van der Waals surface area contributed by atoms with Crippen molar-refractivity contribution >= 4 is 48.7 Å². The number of rotatable bonds is 4. The van der Waals surface area contributed by atoms with Gasteiger partial charge in [0.15, 0.2) is 6.10 Å². The molecule has 26 heavy (non-hydrogen) atoms. The van der Waals surface area contributed by atoms with Crippen LogP contribution in [0.3, 0.4) is 0 Å². The largest absolute Gasteiger partial charge is 0.481 e. The zero-order chi connectivity index (χ0) is 16.4. The minimum absolute atomic E-state index is 0. The third kappa shape index (κ3) is 5.50. The second kappa shape index (κ2) is 10.6. The highest BCUT2D eigenvalue weighted by Crippen LogP contribution is 2.34. The number of fused-ring (bicyclic) bond motifs is 1. The molecule has 1 aliphatic heterocycles. The fourth-order valence-corrected chi connectivity index (χ4v) is 2.69. The fraction of sp³-hybridized carbons (Fsp3) is 0.278. The van der Waals surface area contributed by atoms with Crippen molar-refractivity contribution in [3.05, 3.63) is 59.2 Å². The molecule has 0 fully saturated rings. The Hall–Kier alpha value is -1.50. The lowest BCUT2D eigenvalue weighted by Crippen LogP contribution is -2.33. The zero-order valence-electron chi connectivity index (χ0n) is 14.4. The van der Waals surface area contributed by atoms with Crippen molar-refractivity contribution in [3.63, 3.8) is 0 Å². The van der Waals surface area contributed by atoms with Gasteiger partial charge in [-0.1, -0.05) is 30.3 Å². The van der Waals surface area contributed by atoms with Gasteiger partial charge in [-0.25, -0.2) is 4.99 Å². The molecule has 144 valence electrons. The van der Waals surface area contributed by atoms with Crippen LogP contribution in [-0.2, 0) is 13.0 Å². The van der Waals surface area contributed by atoms with E-state index in [9.17, 15) is 0 Å². The predicted molar refractivity (Wildman–Crippen MR) is 115 cm³/mol. The minimum Gasteiger partial charge on any atom is -0.481 e. The number of ether oxygens (including phenoxy) is 1. The van der Waals surface area contributed by atoms with Crippen LogP contribution in [0.2, 0.25) is 0 Å². The van der Waals surface area contributed by atoms with E-state index in [1.165, 1.54) is 5.56 Å². The highest BCUT2D eigenvalue weighted by molar-refractivity contribution is 5.89. The summed E-state index contributed by atoms with van der Waals surface area (Å²) in [6.45, 7) is 2.41. The molecule has 0 amide bonds. The first-order valence-corrected chi connectivity index (χ1v) is 7.75. The first kappa shape index (κ1) is 24.5. The van der Waals surface area contributed by atoms with Gasteiger partial charge in [0.05, 0.1) is 0 Å². The maximum Gasteiger partial charge on any atom is 0.153 e. The van der Waals surface area contributed by atoms with Gasteiger partial charge in [-0.05, 0) is 42.2 Å². The van der Waals surface area contributed by atoms with Crippen LogP contribution < -0.4 is 21.9 Å². The number of hydrogen-bond donors (Lipinski definition) is 3. The zero-order valence-corrected chi connectivity index (χ0v) is 16.9. The topological polar surface area (TPSA) is 99.6 Å². The molecule has 2 aromatic rings. The first-order chi connectivity index (χ1) is 11.1. The van der Waals surface area contributed by atoms with E-state index in [1.807, 2.05) is 37.3 Å². The summed E-state index contributed by atoms with van der Waals surface area (Å²) >= 11 is 0. The van der Waals surface area contributed by atoms with Gasteiger partial charge in [-0.15, -0.1) is 37.2 Å². The van der Waals surface area contributed by atoms with Gasteiger partial charge in [0, 0.05) is 12.6 Å². The molecule has 1 aliphatic rings. The molecular weight excluding hydrogens is 395 g/mol. The van der Waals surface area contributed by atoms with Gasteiger partial charge in [0.2, 0.25) is 0 Å². The van der Waals surface area contributed by atoms with E-state index >= 15 is 0 Å². The van der Waals surface area contributed by atoms with Gasteiger partial charge < -0.3 is 21.9 Å². The summed E-state index contributed by atoms with van der Waals surface area (Å²) in [7, 11) is 0. The van der Waals surface area contributed by atoms with Crippen LogP contribution in [0, 0.1) is 0 Å². The molecule has 2 unspecified atom stereocenters. The van der Waals surface area contributed by atoms with Crippen molar-refractivity contribution in [1.82, 2.24) is 0 Å². The number of benzene rings is 2. The Morgan fingerprint density at radius 2 is 1.77 bits per heavy atom. The lowest BCUT2D eigenvalue weighted by Gasteiger charge is -2.22. The van der Waals surface area contributed by atoms with Crippen LogP contribution in [0.25, 0.3) is 0 Å². The van der Waals surface area contributed by atoms with E-state index in [0.29, 0.717) is 12.4 Å². The van der Waals surface area contributed by atoms with Crippen LogP contribution in [0.15, 0.2) is 47.5 Å². The van der Waals surface area contributed by atoms with Gasteiger partial charge in [0.25, 0.3) is 0 Å². The molecule has 1 heterocycles. The van der Waals surface area contributed by atoms with Crippen molar-refractivity contribution in [3.8, 4) is 5.75 Å². The molecule has 0 aromatic heterocycles. The van der Waals surface area contributed by atoms with Gasteiger partial charge in [-0.2, -0.15) is 0 Å². The van der Waals surface area contributed by atoms with Crippen LogP contribution in [0.5, 0.6) is 5.75 Å². The molecule has 0 aliphatic carbocycles. The Balaban J connectivity index is 0.00000208. The molecule has 6 N–H and O–H groups in total. The maximum atomic E-state index is 6.36. The Bertz CT molecular complexity index is 755. The standard InChI is InChI=1S/C18H22N4O.3ClH/c1-11-18(21)22-16-9-14(5-6-17(16)23-11)15(20)8-12-3-2-4-13(7-12)10-19;;;/h2-7,9,11,15H,8,10,19-20H2,1H3,(H2,21,22);3*1H. The summed E-state index contributed by atoms with van der Waals surface area (Å²) in [6, 6.07) is 13.9. The van der Waals surface area contributed by atoms with E-state index in [2.05, 4.69) is 17.1 Å². The second-order valence-corrected chi connectivity index (χ2v) is 5.86. The first-order valence-electron chi connectivity index (χ1n) is 7.75. The van der Waals surface area contributed by atoms with E-state index in [4.69, 9.17) is 21.9 Å². The summed E-state index contributed by atoms with van der Waals surface area (Å²) < 4.78 is 5.72. The number of aliphatic imine (C=N–C) groups is 1. The van der Waals surface area contributed by atoms with Crippen molar-refractivity contribution in [2.75, 3.05) is 0 Å². The summed E-state index contributed by atoms with van der Waals surface area (Å²) in [5.74, 6) is 1.23. The lowest BCUT2D eigenvalue weighted by molar-refractivity contribution is 0.281. The Morgan fingerprint density at radius 1 is 1.08 bits per heavy atom. The fourth-order valence-electron chi connectivity index (χ4n) is 2.69. The summed E-state index contributed by atoms with van der Waals surface area (Å²) in [4.78, 5) is 4.40. The van der Waals surface area contributed by atoms with Gasteiger partial charge in [0.1, 0.15) is 17.3 Å². The number of amidine groups is 1. The third-order valence-corrected chi connectivity index (χ3v) is 4.06. The molecule has 2 aromatic carbocycles. The monoisotopic (exact) mass is 418 g/mol. The minimum atomic E-state index is -0.193. The van der Waals surface area contributed by atoms with E-state index in [1.54, 1.807) is 0 Å². The quantitative estimate of drug-likeness (QED) is 0.707. The molecule has 0 bridgehead atoms. The van der Waals surface area contributed by atoms with Gasteiger partial charge in [-0.3, -0.25) is 0 Å². The SMILES string of the molecule is CC1Oc2ccc(C(N)Cc3cccc(CN)c3)cc2N=C1N.Cl.Cl.Cl. The molecular formula is C18H25Cl3N4O. The highest BCUT2D eigenvalue weighted by atomic mass is 35.5. The van der Waals surface area contributed by atoms with Crippen LogP contribution in [-0.4, -0.2) is 11.9 Å². The maximum absolute atomic E-state index is 6.36. The number of halogens is 3. The van der Waals surface area contributed by atoms with Crippen molar-refractivity contribution in [2.45, 2.75) is 32.0 Å². The Morgan fingerprint density at radius 3 is 2.46 bits per heavy atom. The van der Waals surface area contributed by atoms with Crippen LogP contribution in [0.1, 0.15) is 29.7 Å². The highest BCUT2D eigenvalue weighted by Gasteiger charge is 2.19. The smallest absolute Gasteiger partial charge is 0.153 e. The van der Waals surface area contributed by atoms with E-state index in [-0.39, 0.29) is 49.4 Å². The lowest BCUT2D eigenvalue weighted by atomic mass is 9.97. The Kier molecular flexibility index (Phi) is 9.99. The van der Waals surface area contributed by atoms with E-state index < -0.39 is 0 Å². The number of nitrogens with two attached hydrogens (primary N) is 3. The third-order valence-electron chi connectivity index (χ3n) is 4.06. The molecule has 0 radical (unpaired) electrons. The molecule has 0 saturated carbocycles. The summed E-state index contributed by atoms with van der Waals surface area (Å²) in [5, 5.41) is 0. The molecule has 8 heteroatoms. The average Bonchev–Trinajstić information content (AvgIpc) is 2.55.